The van der Waals surface area contributed by atoms with E-state index in [1.54, 1.807) is 7.11 Å². The molecule has 0 amide bonds. The number of methoxy groups -OCH3 is 1. The Labute approximate surface area is 158 Å². The standard InChI is InChI=1S/C20H34N2O2S/c1-4-6-8-17(5-2)16-24-14-7-13-21-20(25)22-15-18-9-11-19(23-3)12-10-18/h9-12,17H,4-8,13-16H2,1-3H3,(H2,21,22,25). The van der Waals surface area contributed by atoms with Gasteiger partial charge in [-0.15, -0.1) is 0 Å². The average Bonchev–Trinajstić information content (AvgIpc) is 2.65. The van der Waals surface area contributed by atoms with Gasteiger partial charge in [-0.3, -0.25) is 0 Å². The van der Waals surface area contributed by atoms with Crippen LogP contribution in [0.2, 0.25) is 0 Å². The van der Waals surface area contributed by atoms with E-state index < -0.39 is 0 Å². The van der Waals surface area contributed by atoms with Gasteiger partial charge in [-0.05, 0) is 48.7 Å². The van der Waals surface area contributed by atoms with E-state index in [9.17, 15) is 0 Å². The van der Waals surface area contributed by atoms with Crippen LogP contribution in [0.15, 0.2) is 24.3 Å². The fourth-order valence-corrected chi connectivity index (χ4v) is 2.69. The van der Waals surface area contributed by atoms with Crippen molar-refractivity contribution >= 4 is 17.3 Å². The van der Waals surface area contributed by atoms with Gasteiger partial charge in [-0.1, -0.05) is 45.2 Å². The third kappa shape index (κ3) is 10.3. The molecule has 1 rings (SSSR count). The Morgan fingerprint density at radius 3 is 2.52 bits per heavy atom. The molecule has 1 unspecified atom stereocenters. The smallest absolute Gasteiger partial charge is 0.166 e. The summed E-state index contributed by atoms with van der Waals surface area (Å²) in [5.41, 5.74) is 1.17. The van der Waals surface area contributed by atoms with Crippen molar-refractivity contribution in [2.75, 3.05) is 26.9 Å². The highest BCUT2D eigenvalue weighted by atomic mass is 32.1. The summed E-state index contributed by atoms with van der Waals surface area (Å²) in [6, 6.07) is 7.97. The SMILES string of the molecule is CCCCC(CC)COCCCNC(=S)NCc1ccc(OC)cc1. The third-order valence-electron chi connectivity index (χ3n) is 4.26. The molecule has 0 saturated heterocycles. The molecule has 1 atom stereocenters. The van der Waals surface area contributed by atoms with Crippen LogP contribution < -0.4 is 15.4 Å². The molecule has 0 aliphatic heterocycles. The molecule has 0 aliphatic rings. The van der Waals surface area contributed by atoms with E-state index in [2.05, 4.69) is 24.5 Å². The number of nitrogens with one attached hydrogen (secondary N) is 2. The summed E-state index contributed by atoms with van der Waals surface area (Å²) in [6.45, 7) is 7.71. The van der Waals surface area contributed by atoms with Gasteiger partial charge in [0.25, 0.3) is 0 Å². The molecule has 142 valence electrons. The highest BCUT2D eigenvalue weighted by molar-refractivity contribution is 7.80. The number of rotatable bonds is 13. The highest BCUT2D eigenvalue weighted by Crippen LogP contribution is 2.13. The highest BCUT2D eigenvalue weighted by Gasteiger charge is 2.05. The summed E-state index contributed by atoms with van der Waals surface area (Å²) < 4.78 is 11.0. The summed E-state index contributed by atoms with van der Waals surface area (Å²) in [6.07, 6.45) is 6.02. The Morgan fingerprint density at radius 2 is 1.88 bits per heavy atom. The summed E-state index contributed by atoms with van der Waals surface area (Å²) in [7, 11) is 1.67. The zero-order valence-electron chi connectivity index (χ0n) is 16.0. The van der Waals surface area contributed by atoms with Gasteiger partial charge in [-0.2, -0.15) is 0 Å². The Bertz CT molecular complexity index is 465. The molecule has 0 aromatic heterocycles. The molecule has 0 fully saturated rings. The Kier molecular flexibility index (Phi) is 12.1. The Morgan fingerprint density at radius 1 is 1.12 bits per heavy atom. The first-order valence-corrected chi connectivity index (χ1v) is 9.82. The molecule has 5 heteroatoms. The van der Waals surface area contributed by atoms with E-state index in [0.717, 1.165) is 31.9 Å². The van der Waals surface area contributed by atoms with E-state index in [-0.39, 0.29) is 0 Å². The molecule has 0 saturated carbocycles. The Balaban J connectivity index is 2.04. The summed E-state index contributed by atoms with van der Waals surface area (Å²) in [5.74, 6) is 1.57. The first-order valence-electron chi connectivity index (χ1n) is 9.41. The summed E-state index contributed by atoms with van der Waals surface area (Å²) in [4.78, 5) is 0. The maximum absolute atomic E-state index is 5.80. The minimum absolute atomic E-state index is 0.685. The van der Waals surface area contributed by atoms with E-state index in [4.69, 9.17) is 21.7 Å². The van der Waals surface area contributed by atoms with Crippen molar-refractivity contribution < 1.29 is 9.47 Å². The van der Waals surface area contributed by atoms with E-state index in [1.807, 2.05) is 24.3 Å². The lowest BCUT2D eigenvalue weighted by molar-refractivity contribution is 0.0927. The lowest BCUT2D eigenvalue weighted by atomic mass is 10.0. The predicted molar refractivity (Wildman–Crippen MR) is 109 cm³/mol. The number of ether oxygens (including phenoxy) is 2. The fourth-order valence-electron chi connectivity index (χ4n) is 2.51. The average molecular weight is 367 g/mol. The van der Waals surface area contributed by atoms with Crippen LogP contribution in [-0.4, -0.2) is 32.0 Å². The molecule has 0 aliphatic carbocycles. The largest absolute Gasteiger partial charge is 0.497 e. The number of unbranched alkanes of at least 4 members (excludes halogenated alkanes) is 1. The van der Waals surface area contributed by atoms with Crippen molar-refractivity contribution in [1.29, 1.82) is 0 Å². The predicted octanol–water partition coefficient (Wildman–Crippen LogP) is 4.28. The van der Waals surface area contributed by atoms with Crippen LogP contribution in [0.4, 0.5) is 0 Å². The van der Waals surface area contributed by atoms with Crippen LogP contribution in [0.3, 0.4) is 0 Å². The number of hydrogen-bond acceptors (Lipinski definition) is 3. The quantitative estimate of drug-likeness (QED) is 0.403. The van der Waals surface area contributed by atoms with Gasteiger partial charge in [0.1, 0.15) is 5.75 Å². The summed E-state index contributed by atoms with van der Waals surface area (Å²) >= 11 is 5.30. The molecule has 0 radical (unpaired) electrons. The number of benzene rings is 1. The molecule has 1 aromatic carbocycles. The van der Waals surface area contributed by atoms with E-state index in [0.29, 0.717) is 17.6 Å². The second-order valence-corrected chi connectivity index (χ2v) is 6.71. The van der Waals surface area contributed by atoms with Crippen molar-refractivity contribution in [3.63, 3.8) is 0 Å². The van der Waals surface area contributed by atoms with Crippen molar-refractivity contribution in [1.82, 2.24) is 10.6 Å². The molecule has 0 heterocycles. The van der Waals surface area contributed by atoms with Crippen molar-refractivity contribution in [2.24, 2.45) is 5.92 Å². The normalized spacial score (nSPS) is 11.8. The van der Waals surface area contributed by atoms with Gasteiger partial charge in [0.05, 0.1) is 7.11 Å². The number of hydrogen-bond donors (Lipinski definition) is 2. The van der Waals surface area contributed by atoms with Gasteiger partial charge >= 0.3 is 0 Å². The number of thiocarbonyl (C=S) groups is 1. The van der Waals surface area contributed by atoms with Gasteiger partial charge in [0, 0.05) is 26.3 Å². The van der Waals surface area contributed by atoms with Crippen LogP contribution in [-0.2, 0) is 11.3 Å². The van der Waals surface area contributed by atoms with Crippen LogP contribution in [0, 0.1) is 5.92 Å². The lowest BCUT2D eigenvalue weighted by Crippen LogP contribution is -2.35. The van der Waals surface area contributed by atoms with Gasteiger partial charge in [0.2, 0.25) is 0 Å². The fraction of sp³-hybridized carbons (Fsp3) is 0.650. The second-order valence-electron chi connectivity index (χ2n) is 6.30. The topological polar surface area (TPSA) is 42.5 Å². The van der Waals surface area contributed by atoms with Crippen LogP contribution in [0.25, 0.3) is 0 Å². The summed E-state index contributed by atoms with van der Waals surface area (Å²) in [5, 5.41) is 7.13. The Hall–Kier alpha value is -1.33. The monoisotopic (exact) mass is 366 g/mol. The molecular formula is C20H34N2O2S. The molecular weight excluding hydrogens is 332 g/mol. The van der Waals surface area contributed by atoms with Gasteiger partial charge in [0.15, 0.2) is 5.11 Å². The van der Waals surface area contributed by atoms with Gasteiger partial charge in [-0.25, -0.2) is 0 Å². The van der Waals surface area contributed by atoms with Crippen molar-refractivity contribution in [3.05, 3.63) is 29.8 Å². The second kappa shape index (κ2) is 13.9. The first kappa shape index (κ1) is 21.7. The molecule has 0 spiro atoms. The van der Waals surface area contributed by atoms with Crippen LogP contribution >= 0.6 is 12.2 Å². The lowest BCUT2D eigenvalue weighted by Gasteiger charge is -2.15. The molecule has 2 N–H and O–H groups in total. The van der Waals surface area contributed by atoms with Crippen LogP contribution in [0.1, 0.15) is 51.5 Å². The van der Waals surface area contributed by atoms with E-state index in [1.165, 1.54) is 31.2 Å². The molecule has 0 bridgehead atoms. The molecule has 4 nitrogen and oxygen atoms in total. The maximum Gasteiger partial charge on any atom is 0.166 e. The van der Waals surface area contributed by atoms with E-state index >= 15 is 0 Å². The molecule has 25 heavy (non-hydrogen) atoms. The molecule has 1 aromatic rings. The minimum Gasteiger partial charge on any atom is -0.497 e. The third-order valence-corrected chi connectivity index (χ3v) is 4.55. The van der Waals surface area contributed by atoms with Crippen molar-refractivity contribution in [2.45, 2.75) is 52.5 Å². The minimum atomic E-state index is 0.685. The zero-order chi connectivity index (χ0) is 18.3. The maximum atomic E-state index is 5.80. The zero-order valence-corrected chi connectivity index (χ0v) is 16.8. The van der Waals surface area contributed by atoms with Crippen LogP contribution in [0.5, 0.6) is 5.75 Å². The first-order chi connectivity index (χ1) is 12.2. The van der Waals surface area contributed by atoms with Gasteiger partial charge < -0.3 is 20.1 Å². The van der Waals surface area contributed by atoms with Crippen molar-refractivity contribution in [3.8, 4) is 5.75 Å².